The van der Waals surface area contributed by atoms with Crippen molar-refractivity contribution in [1.82, 2.24) is 9.97 Å². The molecule has 0 bridgehead atoms. The Balaban J connectivity index is 3.16. The van der Waals surface area contributed by atoms with E-state index < -0.39 is 0 Å². The standard InChI is InChI=1S/C9H15N5/c1-4-14(6(2)3)9-7(10)8(11)12-5-13-9/h4-6H,1,10H2,2-3H3,(H2,11,12,13). The van der Waals surface area contributed by atoms with E-state index >= 15 is 0 Å². The fourth-order valence-electron chi connectivity index (χ4n) is 1.15. The maximum atomic E-state index is 5.76. The van der Waals surface area contributed by atoms with Gasteiger partial charge < -0.3 is 16.4 Å². The van der Waals surface area contributed by atoms with Crippen molar-refractivity contribution >= 4 is 17.3 Å². The van der Waals surface area contributed by atoms with E-state index in [0.717, 1.165) is 0 Å². The molecule has 0 spiro atoms. The van der Waals surface area contributed by atoms with Gasteiger partial charge in [-0.25, -0.2) is 9.97 Å². The Kier molecular flexibility index (Phi) is 2.91. The first-order chi connectivity index (χ1) is 6.57. The molecule has 0 atom stereocenters. The highest BCUT2D eigenvalue weighted by Gasteiger charge is 2.13. The molecule has 0 radical (unpaired) electrons. The summed E-state index contributed by atoms with van der Waals surface area (Å²) >= 11 is 0. The van der Waals surface area contributed by atoms with Gasteiger partial charge in [-0.3, -0.25) is 0 Å². The first-order valence-electron chi connectivity index (χ1n) is 4.34. The summed E-state index contributed by atoms with van der Waals surface area (Å²) < 4.78 is 0. The number of hydrogen-bond acceptors (Lipinski definition) is 5. The molecule has 0 amide bonds. The molecule has 4 N–H and O–H groups in total. The molecule has 0 aliphatic carbocycles. The summed E-state index contributed by atoms with van der Waals surface area (Å²) in [5.41, 5.74) is 11.7. The van der Waals surface area contributed by atoms with Crippen molar-refractivity contribution in [1.29, 1.82) is 0 Å². The number of nitrogen functional groups attached to an aromatic ring is 2. The van der Waals surface area contributed by atoms with Crippen molar-refractivity contribution in [2.24, 2.45) is 0 Å². The summed E-state index contributed by atoms with van der Waals surface area (Å²) in [6, 6.07) is 0.226. The molecule has 0 aromatic carbocycles. The van der Waals surface area contributed by atoms with Crippen molar-refractivity contribution in [3.05, 3.63) is 19.1 Å². The Bertz CT molecular complexity index is 334. The summed E-state index contributed by atoms with van der Waals surface area (Å²) in [5.74, 6) is 0.894. The van der Waals surface area contributed by atoms with Crippen molar-refractivity contribution in [3.63, 3.8) is 0 Å². The molecule has 0 unspecified atom stereocenters. The minimum absolute atomic E-state index is 0.226. The topological polar surface area (TPSA) is 81.1 Å². The van der Waals surface area contributed by atoms with Gasteiger partial charge in [-0.15, -0.1) is 0 Å². The second-order valence-electron chi connectivity index (χ2n) is 3.18. The molecule has 1 rings (SSSR count). The lowest BCUT2D eigenvalue weighted by atomic mass is 10.3. The molecule has 1 aromatic heterocycles. The second-order valence-corrected chi connectivity index (χ2v) is 3.18. The summed E-state index contributed by atoms with van der Waals surface area (Å²) in [6.07, 6.45) is 3.06. The van der Waals surface area contributed by atoms with Crippen LogP contribution in [0.15, 0.2) is 19.1 Å². The van der Waals surface area contributed by atoms with Gasteiger partial charge in [-0.1, -0.05) is 6.58 Å². The molecule has 1 heterocycles. The zero-order valence-corrected chi connectivity index (χ0v) is 8.44. The Morgan fingerprint density at radius 3 is 2.57 bits per heavy atom. The van der Waals surface area contributed by atoms with Gasteiger partial charge in [0.1, 0.15) is 12.0 Å². The van der Waals surface area contributed by atoms with Crippen LogP contribution in [-0.4, -0.2) is 16.0 Å². The highest BCUT2D eigenvalue weighted by atomic mass is 15.2. The van der Waals surface area contributed by atoms with E-state index in [0.29, 0.717) is 17.3 Å². The van der Waals surface area contributed by atoms with Crippen LogP contribution < -0.4 is 16.4 Å². The van der Waals surface area contributed by atoms with Crippen LogP contribution in [0.3, 0.4) is 0 Å². The zero-order valence-electron chi connectivity index (χ0n) is 8.44. The van der Waals surface area contributed by atoms with Crippen LogP contribution in [0.2, 0.25) is 0 Å². The van der Waals surface area contributed by atoms with Crippen molar-refractivity contribution in [2.45, 2.75) is 19.9 Å². The average molecular weight is 193 g/mol. The first-order valence-corrected chi connectivity index (χ1v) is 4.34. The summed E-state index contributed by atoms with van der Waals surface area (Å²) in [5, 5.41) is 0. The van der Waals surface area contributed by atoms with Crippen molar-refractivity contribution in [2.75, 3.05) is 16.4 Å². The first kappa shape index (κ1) is 10.3. The lowest BCUT2D eigenvalue weighted by Gasteiger charge is -2.24. The summed E-state index contributed by atoms with van der Waals surface area (Å²) in [4.78, 5) is 9.71. The number of anilines is 3. The Labute approximate surface area is 83.4 Å². The van der Waals surface area contributed by atoms with Crippen LogP contribution in [0.1, 0.15) is 13.8 Å². The Morgan fingerprint density at radius 2 is 2.07 bits per heavy atom. The molecule has 0 saturated heterocycles. The molecule has 76 valence electrons. The van der Waals surface area contributed by atoms with E-state index in [9.17, 15) is 0 Å². The van der Waals surface area contributed by atoms with Gasteiger partial charge in [-0.2, -0.15) is 0 Å². The average Bonchev–Trinajstić information content (AvgIpc) is 2.13. The number of nitrogens with two attached hydrogens (primary N) is 2. The minimum atomic E-state index is 0.226. The second kappa shape index (κ2) is 3.95. The number of hydrogen-bond donors (Lipinski definition) is 2. The SMILES string of the molecule is C=CN(c1ncnc(N)c1N)C(C)C. The third-order valence-corrected chi connectivity index (χ3v) is 1.89. The van der Waals surface area contributed by atoms with Gasteiger partial charge in [0.15, 0.2) is 11.6 Å². The fourth-order valence-corrected chi connectivity index (χ4v) is 1.15. The van der Waals surface area contributed by atoms with Crippen molar-refractivity contribution in [3.8, 4) is 0 Å². The largest absolute Gasteiger partial charge is 0.393 e. The lowest BCUT2D eigenvalue weighted by Crippen LogP contribution is -2.26. The molecular weight excluding hydrogens is 178 g/mol. The summed E-state index contributed by atoms with van der Waals surface area (Å²) in [6.45, 7) is 7.73. The molecule has 0 saturated carbocycles. The van der Waals surface area contributed by atoms with Crippen LogP contribution in [0.25, 0.3) is 0 Å². The number of aromatic nitrogens is 2. The summed E-state index contributed by atoms with van der Waals surface area (Å²) in [7, 11) is 0. The van der Waals surface area contributed by atoms with E-state index in [4.69, 9.17) is 11.5 Å². The van der Waals surface area contributed by atoms with Gasteiger partial charge in [0.2, 0.25) is 0 Å². The lowest BCUT2D eigenvalue weighted by molar-refractivity contribution is 0.772. The van der Waals surface area contributed by atoms with Crippen LogP contribution in [-0.2, 0) is 0 Å². The van der Waals surface area contributed by atoms with Gasteiger partial charge >= 0.3 is 0 Å². The van der Waals surface area contributed by atoms with Crippen LogP contribution in [0, 0.1) is 0 Å². The van der Waals surface area contributed by atoms with Gasteiger partial charge in [0.25, 0.3) is 0 Å². The van der Waals surface area contributed by atoms with E-state index in [1.54, 1.807) is 6.20 Å². The predicted octanol–water partition coefficient (Wildman–Crippen LogP) is 0.999. The Hall–Kier alpha value is -1.78. The molecule has 5 heteroatoms. The molecule has 5 nitrogen and oxygen atoms in total. The quantitative estimate of drug-likeness (QED) is 0.748. The predicted molar refractivity (Wildman–Crippen MR) is 58.7 cm³/mol. The van der Waals surface area contributed by atoms with Crippen LogP contribution in [0.5, 0.6) is 0 Å². The molecular formula is C9H15N5. The molecule has 0 aliphatic rings. The molecule has 14 heavy (non-hydrogen) atoms. The molecule has 1 aromatic rings. The molecule has 0 fully saturated rings. The Morgan fingerprint density at radius 1 is 1.43 bits per heavy atom. The maximum Gasteiger partial charge on any atom is 0.161 e. The van der Waals surface area contributed by atoms with E-state index in [1.165, 1.54) is 6.33 Å². The highest BCUT2D eigenvalue weighted by molar-refractivity contribution is 5.74. The normalized spacial score (nSPS) is 10.2. The highest BCUT2D eigenvalue weighted by Crippen LogP contribution is 2.25. The number of nitrogens with zero attached hydrogens (tertiary/aromatic N) is 3. The van der Waals surface area contributed by atoms with Crippen LogP contribution in [0.4, 0.5) is 17.3 Å². The third-order valence-electron chi connectivity index (χ3n) is 1.89. The van der Waals surface area contributed by atoms with E-state index in [1.807, 2.05) is 18.7 Å². The fraction of sp³-hybridized carbons (Fsp3) is 0.333. The van der Waals surface area contributed by atoms with Gasteiger partial charge in [-0.05, 0) is 20.0 Å². The van der Waals surface area contributed by atoms with Crippen LogP contribution >= 0.6 is 0 Å². The van der Waals surface area contributed by atoms with E-state index in [2.05, 4.69) is 16.5 Å². The van der Waals surface area contributed by atoms with Gasteiger partial charge in [0, 0.05) is 6.04 Å². The minimum Gasteiger partial charge on any atom is -0.393 e. The van der Waals surface area contributed by atoms with Gasteiger partial charge in [0.05, 0.1) is 0 Å². The maximum absolute atomic E-state index is 5.76. The number of rotatable bonds is 3. The third kappa shape index (κ3) is 1.76. The van der Waals surface area contributed by atoms with Crippen molar-refractivity contribution < 1.29 is 0 Å². The monoisotopic (exact) mass is 193 g/mol. The smallest absolute Gasteiger partial charge is 0.161 e. The van der Waals surface area contributed by atoms with E-state index in [-0.39, 0.29) is 6.04 Å². The molecule has 0 aliphatic heterocycles. The zero-order chi connectivity index (χ0) is 10.7.